The van der Waals surface area contributed by atoms with Crippen molar-refractivity contribution in [2.75, 3.05) is 25.4 Å². The maximum Gasteiger partial charge on any atom is 0.255 e. The lowest BCUT2D eigenvalue weighted by Gasteiger charge is -2.28. The molecule has 1 atom stereocenters. The number of hydrogen-bond donors (Lipinski definition) is 2. The van der Waals surface area contributed by atoms with Gasteiger partial charge in [0.25, 0.3) is 5.91 Å². The Kier molecular flexibility index (Phi) is 4.88. The van der Waals surface area contributed by atoms with Crippen molar-refractivity contribution in [3.8, 4) is 0 Å². The third kappa shape index (κ3) is 3.68. The zero-order valence-corrected chi connectivity index (χ0v) is 13.1. The third-order valence-corrected chi connectivity index (χ3v) is 4.30. The molecule has 2 aromatic rings. The minimum Gasteiger partial charge on any atom is -0.383 e. The molecule has 1 saturated heterocycles. The largest absolute Gasteiger partial charge is 0.383 e. The number of carbonyl (C=O) groups is 1. The van der Waals surface area contributed by atoms with Gasteiger partial charge in [-0.05, 0) is 43.6 Å². The van der Waals surface area contributed by atoms with Crippen molar-refractivity contribution in [1.29, 1.82) is 0 Å². The summed E-state index contributed by atoms with van der Waals surface area (Å²) in [6, 6.07) is 13.9. The highest BCUT2D eigenvalue weighted by Gasteiger charge is 2.24. The van der Waals surface area contributed by atoms with Crippen molar-refractivity contribution in [2.24, 2.45) is 0 Å². The predicted octanol–water partition coefficient (Wildman–Crippen LogP) is 2.23. The molecule has 1 aromatic heterocycles. The van der Waals surface area contributed by atoms with E-state index < -0.39 is 0 Å². The van der Waals surface area contributed by atoms with Crippen LogP contribution < -0.4 is 11.1 Å². The number of nitrogens with one attached hydrogen (secondary N) is 1. The average Bonchev–Trinajstić information content (AvgIpc) is 3.10. The van der Waals surface area contributed by atoms with Crippen molar-refractivity contribution >= 4 is 11.7 Å². The molecular weight excluding hydrogens is 288 g/mol. The van der Waals surface area contributed by atoms with E-state index >= 15 is 0 Å². The number of rotatable bonds is 5. The average molecular weight is 310 g/mol. The monoisotopic (exact) mass is 310 g/mol. The second kappa shape index (κ2) is 7.24. The number of carbonyl (C=O) groups excluding carboxylic acids is 1. The lowest BCUT2D eigenvalue weighted by Crippen LogP contribution is -2.37. The van der Waals surface area contributed by atoms with Crippen molar-refractivity contribution < 1.29 is 4.79 Å². The van der Waals surface area contributed by atoms with E-state index in [1.807, 2.05) is 18.2 Å². The van der Waals surface area contributed by atoms with Gasteiger partial charge in [-0.3, -0.25) is 9.69 Å². The Balaban J connectivity index is 1.72. The molecule has 120 valence electrons. The SMILES string of the molecule is Nc1ncccc1C(=O)NCC(c1ccccc1)N1CCCC1. The van der Waals surface area contributed by atoms with Crippen LogP contribution in [-0.2, 0) is 0 Å². The zero-order valence-electron chi connectivity index (χ0n) is 13.1. The van der Waals surface area contributed by atoms with Crippen molar-refractivity contribution in [3.05, 3.63) is 59.8 Å². The van der Waals surface area contributed by atoms with Gasteiger partial charge in [0, 0.05) is 12.7 Å². The summed E-state index contributed by atoms with van der Waals surface area (Å²) in [6.07, 6.45) is 4.02. The van der Waals surface area contributed by atoms with Gasteiger partial charge in [0.15, 0.2) is 0 Å². The number of nitrogens with two attached hydrogens (primary N) is 1. The first kappa shape index (κ1) is 15.5. The molecule has 0 spiro atoms. The molecule has 1 fully saturated rings. The van der Waals surface area contributed by atoms with E-state index in [0.29, 0.717) is 12.1 Å². The van der Waals surface area contributed by atoms with Gasteiger partial charge in [0.1, 0.15) is 5.82 Å². The first-order chi connectivity index (χ1) is 11.3. The number of pyridine rings is 1. The van der Waals surface area contributed by atoms with E-state index in [1.165, 1.54) is 18.4 Å². The van der Waals surface area contributed by atoms with Crippen LogP contribution in [0.2, 0.25) is 0 Å². The Morgan fingerprint density at radius 2 is 1.91 bits per heavy atom. The maximum absolute atomic E-state index is 12.4. The second-order valence-electron chi connectivity index (χ2n) is 5.82. The van der Waals surface area contributed by atoms with Crippen LogP contribution in [0.3, 0.4) is 0 Å². The van der Waals surface area contributed by atoms with E-state index in [4.69, 9.17) is 5.73 Å². The molecule has 1 aliphatic rings. The molecule has 23 heavy (non-hydrogen) atoms. The van der Waals surface area contributed by atoms with Gasteiger partial charge in [-0.15, -0.1) is 0 Å². The number of hydrogen-bond acceptors (Lipinski definition) is 4. The molecule has 0 aliphatic carbocycles. The number of likely N-dealkylation sites (tertiary alicyclic amines) is 1. The first-order valence-electron chi connectivity index (χ1n) is 8.03. The number of anilines is 1. The molecule has 1 amide bonds. The predicted molar refractivity (Wildman–Crippen MR) is 91.0 cm³/mol. The molecule has 0 bridgehead atoms. The third-order valence-electron chi connectivity index (χ3n) is 4.30. The van der Waals surface area contributed by atoms with Gasteiger partial charge >= 0.3 is 0 Å². The highest BCUT2D eigenvalue weighted by Crippen LogP contribution is 2.24. The Bertz CT molecular complexity index is 653. The molecule has 2 heterocycles. The number of nitrogen functional groups attached to an aromatic ring is 1. The Hall–Kier alpha value is -2.40. The standard InChI is InChI=1S/C18H22N4O/c19-17-15(9-6-10-20-17)18(23)21-13-16(22-11-4-5-12-22)14-7-2-1-3-8-14/h1-3,6-10,16H,4-5,11-13H2,(H2,19,20)(H,21,23). The van der Waals surface area contributed by atoms with E-state index in [9.17, 15) is 4.79 Å². The topological polar surface area (TPSA) is 71.2 Å². The molecule has 1 aliphatic heterocycles. The van der Waals surface area contributed by atoms with Crippen LogP contribution in [0, 0.1) is 0 Å². The molecule has 1 aromatic carbocycles. The molecular formula is C18H22N4O. The molecule has 5 heteroatoms. The molecule has 3 N–H and O–H groups in total. The molecule has 5 nitrogen and oxygen atoms in total. The highest BCUT2D eigenvalue weighted by atomic mass is 16.1. The van der Waals surface area contributed by atoms with E-state index in [0.717, 1.165) is 13.1 Å². The summed E-state index contributed by atoms with van der Waals surface area (Å²) in [4.78, 5) is 18.8. The van der Waals surface area contributed by atoms with Gasteiger partial charge in [0.2, 0.25) is 0 Å². The highest BCUT2D eigenvalue weighted by molar-refractivity contribution is 5.98. The molecule has 3 rings (SSSR count). The van der Waals surface area contributed by atoms with Crippen LogP contribution in [0.1, 0.15) is 34.8 Å². The number of nitrogens with zero attached hydrogens (tertiary/aromatic N) is 2. The van der Waals surface area contributed by atoms with Crippen LogP contribution in [0.4, 0.5) is 5.82 Å². The minimum absolute atomic E-state index is 0.171. The van der Waals surface area contributed by atoms with E-state index in [-0.39, 0.29) is 17.8 Å². The summed E-state index contributed by atoms with van der Waals surface area (Å²) >= 11 is 0. The molecule has 0 radical (unpaired) electrons. The summed E-state index contributed by atoms with van der Waals surface area (Å²) in [5, 5.41) is 3.01. The van der Waals surface area contributed by atoms with Gasteiger partial charge in [-0.1, -0.05) is 30.3 Å². The van der Waals surface area contributed by atoms with Gasteiger partial charge < -0.3 is 11.1 Å². The molecule has 0 saturated carbocycles. The van der Waals surface area contributed by atoms with Gasteiger partial charge in [-0.25, -0.2) is 4.98 Å². The van der Waals surface area contributed by atoms with Crippen molar-refractivity contribution in [3.63, 3.8) is 0 Å². The molecule has 1 unspecified atom stereocenters. The van der Waals surface area contributed by atoms with Crippen LogP contribution in [0.15, 0.2) is 48.7 Å². The number of benzene rings is 1. The minimum atomic E-state index is -0.171. The van der Waals surface area contributed by atoms with Crippen molar-refractivity contribution in [2.45, 2.75) is 18.9 Å². The number of amides is 1. The summed E-state index contributed by atoms with van der Waals surface area (Å²) in [6.45, 7) is 2.71. The summed E-state index contributed by atoms with van der Waals surface area (Å²) in [5.74, 6) is 0.0955. The van der Waals surface area contributed by atoms with Gasteiger partial charge in [-0.2, -0.15) is 0 Å². The van der Waals surface area contributed by atoms with E-state index in [2.05, 4.69) is 27.3 Å². The summed E-state index contributed by atoms with van der Waals surface area (Å²) < 4.78 is 0. The van der Waals surface area contributed by atoms with E-state index in [1.54, 1.807) is 18.3 Å². The Morgan fingerprint density at radius 1 is 1.17 bits per heavy atom. The summed E-state index contributed by atoms with van der Waals surface area (Å²) in [7, 11) is 0. The van der Waals surface area contributed by atoms with Crippen LogP contribution in [-0.4, -0.2) is 35.4 Å². The lowest BCUT2D eigenvalue weighted by molar-refractivity contribution is 0.0938. The fourth-order valence-electron chi connectivity index (χ4n) is 3.08. The fourth-order valence-corrected chi connectivity index (χ4v) is 3.08. The normalized spacial score (nSPS) is 16.2. The zero-order chi connectivity index (χ0) is 16.1. The smallest absolute Gasteiger partial charge is 0.255 e. The number of aromatic nitrogens is 1. The van der Waals surface area contributed by atoms with Crippen LogP contribution in [0.25, 0.3) is 0 Å². The van der Waals surface area contributed by atoms with Gasteiger partial charge in [0.05, 0.1) is 11.6 Å². The second-order valence-corrected chi connectivity index (χ2v) is 5.82. The van der Waals surface area contributed by atoms with Crippen molar-refractivity contribution in [1.82, 2.24) is 15.2 Å². The Labute approximate surface area is 136 Å². The quantitative estimate of drug-likeness (QED) is 0.888. The van der Waals surface area contributed by atoms with Crippen LogP contribution in [0.5, 0.6) is 0 Å². The Morgan fingerprint density at radius 3 is 2.61 bits per heavy atom. The van der Waals surface area contributed by atoms with Crippen LogP contribution >= 0.6 is 0 Å². The maximum atomic E-state index is 12.4. The first-order valence-corrected chi connectivity index (χ1v) is 8.03. The fraction of sp³-hybridized carbons (Fsp3) is 0.333. The lowest BCUT2D eigenvalue weighted by atomic mass is 10.1. The summed E-state index contributed by atoms with van der Waals surface area (Å²) in [5.41, 5.74) is 7.44.